The molecule has 7 nitrogen and oxygen atoms in total. The summed E-state index contributed by atoms with van der Waals surface area (Å²) in [6.45, 7) is 0. The van der Waals surface area contributed by atoms with Crippen molar-refractivity contribution >= 4 is 16.6 Å². The predicted molar refractivity (Wildman–Crippen MR) is 96.6 cm³/mol. The minimum atomic E-state index is -0.428. The Labute approximate surface area is 150 Å². The van der Waals surface area contributed by atoms with E-state index in [1.54, 1.807) is 24.3 Å². The highest BCUT2D eigenvalue weighted by Crippen LogP contribution is 2.28. The van der Waals surface area contributed by atoms with Crippen molar-refractivity contribution in [2.45, 2.75) is 44.9 Å². The lowest BCUT2D eigenvalue weighted by molar-refractivity contribution is -0.383. The third-order valence-electron chi connectivity index (χ3n) is 5.08. The van der Waals surface area contributed by atoms with Crippen molar-refractivity contribution in [1.29, 1.82) is 0 Å². The maximum atomic E-state index is 11.2. The molecule has 1 fully saturated rings. The van der Waals surface area contributed by atoms with Crippen LogP contribution in [0.2, 0.25) is 0 Å². The molecule has 0 atom stereocenters. The zero-order valence-corrected chi connectivity index (χ0v) is 14.4. The standard InChI is InChI=1S/C19H20N4O3/c24-23(25)16-8-4-7-14-10-11-15(20-18(14)16)19-21-17(22-26-19)12-9-13-5-2-1-3-6-13/h4,7-8,10-11,13H,1-3,5-6,9,12H2. The summed E-state index contributed by atoms with van der Waals surface area (Å²) in [5, 5.41) is 16.0. The molecule has 2 aromatic heterocycles. The van der Waals surface area contributed by atoms with Crippen LogP contribution in [0, 0.1) is 16.0 Å². The van der Waals surface area contributed by atoms with Gasteiger partial charge in [0.2, 0.25) is 0 Å². The van der Waals surface area contributed by atoms with Gasteiger partial charge in [-0.2, -0.15) is 4.98 Å². The molecule has 0 N–H and O–H groups in total. The fraction of sp³-hybridized carbons (Fsp3) is 0.421. The van der Waals surface area contributed by atoms with Crippen LogP contribution in [0.4, 0.5) is 5.69 Å². The number of para-hydroxylation sites is 1. The van der Waals surface area contributed by atoms with Crippen molar-refractivity contribution in [3.63, 3.8) is 0 Å². The number of benzene rings is 1. The van der Waals surface area contributed by atoms with E-state index in [1.165, 1.54) is 38.2 Å². The van der Waals surface area contributed by atoms with Gasteiger partial charge in [-0.05, 0) is 18.4 Å². The number of aromatic nitrogens is 3. The molecule has 1 saturated carbocycles. The summed E-state index contributed by atoms with van der Waals surface area (Å²) in [6.07, 6.45) is 8.45. The molecule has 1 aliphatic carbocycles. The van der Waals surface area contributed by atoms with Crippen LogP contribution in [0.15, 0.2) is 34.9 Å². The average molecular weight is 352 g/mol. The van der Waals surface area contributed by atoms with Gasteiger partial charge in [0.05, 0.1) is 4.92 Å². The van der Waals surface area contributed by atoms with E-state index in [1.807, 2.05) is 0 Å². The molecule has 0 amide bonds. The summed E-state index contributed by atoms with van der Waals surface area (Å²) in [5.41, 5.74) is 0.765. The Kier molecular flexibility index (Phi) is 4.60. The Morgan fingerprint density at radius 1 is 1.12 bits per heavy atom. The van der Waals surface area contributed by atoms with E-state index in [0.717, 1.165) is 18.8 Å². The van der Waals surface area contributed by atoms with Crippen molar-refractivity contribution in [3.8, 4) is 11.6 Å². The van der Waals surface area contributed by atoms with Gasteiger partial charge in [0.1, 0.15) is 11.2 Å². The molecule has 0 spiro atoms. The topological polar surface area (TPSA) is 95.0 Å². The number of fused-ring (bicyclic) bond motifs is 1. The highest BCUT2D eigenvalue weighted by Gasteiger charge is 2.18. The van der Waals surface area contributed by atoms with Gasteiger partial charge in [-0.1, -0.05) is 55.5 Å². The first kappa shape index (κ1) is 16.6. The van der Waals surface area contributed by atoms with Gasteiger partial charge in [0.15, 0.2) is 5.82 Å². The monoisotopic (exact) mass is 352 g/mol. The summed E-state index contributed by atoms with van der Waals surface area (Å²) in [4.78, 5) is 19.6. The molecule has 1 aromatic carbocycles. The van der Waals surface area contributed by atoms with E-state index in [9.17, 15) is 10.1 Å². The number of rotatable bonds is 5. The van der Waals surface area contributed by atoms with Crippen LogP contribution in [0.25, 0.3) is 22.5 Å². The van der Waals surface area contributed by atoms with E-state index in [4.69, 9.17) is 4.52 Å². The summed E-state index contributed by atoms with van der Waals surface area (Å²) in [6, 6.07) is 8.43. The van der Waals surface area contributed by atoms with Crippen molar-refractivity contribution < 1.29 is 9.45 Å². The molecule has 1 aliphatic rings. The van der Waals surface area contributed by atoms with Gasteiger partial charge in [-0.25, -0.2) is 4.98 Å². The number of nitro groups is 1. The minimum absolute atomic E-state index is 0.0265. The van der Waals surface area contributed by atoms with Crippen LogP contribution in [0.1, 0.15) is 44.3 Å². The predicted octanol–water partition coefficient (Wildman–Crippen LogP) is 4.71. The molecule has 2 heterocycles. The smallest absolute Gasteiger partial charge is 0.295 e. The molecular weight excluding hydrogens is 332 g/mol. The first-order valence-corrected chi connectivity index (χ1v) is 9.08. The van der Waals surface area contributed by atoms with Crippen molar-refractivity contribution in [3.05, 3.63) is 46.3 Å². The number of aryl methyl sites for hydroxylation is 1. The summed E-state index contributed by atoms with van der Waals surface area (Å²) in [5.74, 6) is 1.74. The molecule has 0 radical (unpaired) electrons. The molecule has 134 valence electrons. The zero-order chi connectivity index (χ0) is 17.9. The van der Waals surface area contributed by atoms with Crippen LogP contribution in [0.3, 0.4) is 0 Å². The molecule has 0 saturated heterocycles. The van der Waals surface area contributed by atoms with Crippen LogP contribution in [-0.2, 0) is 6.42 Å². The fourth-order valence-corrected chi connectivity index (χ4v) is 3.67. The van der Waals surface area contributed by atoms with Gasteiger partial charge in [0.25, 0.3) is 11.6 Å². The molecule has 4 rings (SSSR count). The number of nitrogens with zero attached hydrogens (tertiary/aromatic N) is 4. The Balaban J connectivity index is 1.55. The second kappa shape index (κ2) is 7.19. The van der Waals surface area contributed by atoms with Crippen molar-refractivity contribution in [2.75, 3.05) is 0 Å². The highest BCUT2D eigenvalue weighted by atomic mass is 16.6. The summed E-state index contributed by atoms with van der Waals surface area (Å²) < 4.78 is 5.35. The van der Waals surface area contributed by atoms with Crippen LogP contribution in [-0.4, -0.2) is 20.0 Å². The number of hydrogen-bond donors (Lipinski definition) is 0. The molecule has 26 heavy (non-hydrogen) atoms. The van der Waals surface area contributed by atoms with Gasteiger partial charge in [0, 0.05) is 17.9 Å². The van der Waals surface area contributed by atoms with Crippen LogP contribution >= 0.6 is 0 Å². The van der Waals surface area contributed by atoms with E-state index in [-0.39, 0.29) is 5.69 Å². The number of non-ortho nitro benzene ring substituents is 1. The number of pyridine rings is 1. The first-order valence-electron chi connectivity index (χ1n) is 9.08. The third kappa shape index (κ3) is 3.42. The quantitative estimate of drug-likeness (QED) is 0.487. The van der Waals surface area contributed by atoms with Gasteiger partial charge in [-0.3, -0.25) is 10.1 Å². The fourth-order valence-electron chi connectivity index (χ4n) is 3.67. The van der Waals surface area contributed by atoms with Crippen LogP contribution < -0.4 is 0 Å². The molecule has 0 bridgehead atoms. The van der Waals surface area contributed by atoms with E-state index in [0.29, 0.717) is 28.3 Å². The lowest BCUT2D eigenvalue weighted by atomic mass is 9.86. The van der Waals surface area contributed by atoms with E-state index in [2.05, 4.69) is 15.1 Å². The van der Waals surface area contributed by atoms with Crippen molar-refractivity contribution in [2.24, 2.45) is 5.92 Å². The van der Waals surface area contributed by atoms with Crippen LogP contribution in [0.5, 0.6) is 0 Å². The Morgan fingerprint density at radius 3 is 2.77 bits per heavy atom. The van der Waals surface area contributed by atoms with Crippen molar-refractivity contribution in [1.82, 2.24) is 15.1 Å². The number of hydrogen-bond acceptors (Lipinski definition) is 6. The number of nitro benzene ring substituents is 1. The second-order valence-corrected chi connectivity index (χ2v) is 6.86. The van der Waals surface area contributed by atoms with Gasteiger partial charge in [-0.15, -0.1) is 0 Å². The van der Waals surface area contributed by atoms with E-state index >= 15 is 0 Å². The van der Waals surface area contributed by atoms with Gasteiger partial charge >= 0.3 is 0 Å². The molecule has 7 heteroatoms. The lowest BCUT2D eigenvalue weighted by Gasteiger charge is -2.20. The maximum Gasteiger partial charge on any atom is 0.295 e. The Hall–Kier alpha value is -2.83. The summed E-state index contributed by atoms with van der Waals surface area (Å²) >= 11 is 0. The minimum Gasteiger partial charge on any atom is -0.332 e. The maximum absolute atomic E-state index is 11.2. The molecule has 3 aromatic rings. The molecule has 0 unspecified atom stereocenters. The first-order chi connectivity index (χ1) is 12.7. The largest absolute Gasteiger partial charge is 0.332 e. The normalized spacial score (nSPS) is 15.4. The average Bonchev–Trinajstić information content (AvgIpc) is 3.15. The zero-order valence-electron chi connectivity index (χ0n) is 14.4. The third-order valence-corrected chi connectivity index (χ3v) is 5.08. The highest BCUT2D eigenvalue weighted by molar-refractivity contribution is 5.88. The second-order valence-electron chi connectivity index (χ2n) is 6.86. The Bertz CT molecular complexity index is 931. The summed E-state index contributed by atoms with van der Waals surface area (Å²) in [7, 11) is 0. The van der Waals surface area contributed by atoms with E-state index < -0.39 is 4.92 Å². The SMILES string of the molecule is O=[N+]([O-])c1cccc2ccc(-c3nc(CCC4CCCCC4)no3)nc12. The molecule has 0 aliphatic heterocycles. The molecular formula is C19H20N4O3. The van der Waals surface area contributed by atoms with Gasteiger partial charge < -0.3 is 4.52 Å². The lowest BCUT2D eigenvalue weighted by Crippen LogP contribution is -2.07. The Morgan fingerprint density at radius 2 is 1.96 bits per heavy atom.